The lowest BCUT2D eigenvalue weighted by Gasteiger charge is -2.02. The molecule has 0 saturated heterocycles. The molecule has 0 aliphatic heterocycles. The van der Waals surface area contributed by atoms with Crippen LogP contribution in [0.4, 0.5) is 5.82 Å². The average molecular weight is 223 g/mol. The number of ether oxygens (including phenoxy) is 1. The van der Waals surface area contributed by atoms with E-state index in [2.05, 4.69) is 15.5 Å². The van der Waals surface area contributed by atoms with Crippen molar-refractivity contribution in [2.24, 2.45) is 0 Å². The first-order chi connectivity index (χ1) is 7.69. The summed E-state index contributed by atoms with van der Waals surface area (Å²) in [5.41, 5.74) is 0.208. The minimum Gasteiger partial charge on any atom is -0.462 e. The maximum absolute atomic E-state index is 11.4. The lowest BCUT2D eigenvalue weighted by molar-refractivity contribution is -0.111. The standard InChI is InChI=1S/C10H13N3O3/c1-3-5-8(14)12-9-7(6-11-13-9)10(15)16-4-2/h3,5-6H,4H2,1-2H3,(H2,11,12,13,14)/b5-3+. The van der Waals surface area contributed by atoms with Crippen LogP contribution in [-0.4, -0.2) is 28.7 Å². The van der Waals surface area contributed by atoms with E-state index in [0.717, 1.165) is 0 Å². The molecule has 0 aliphatic rings. The highest BCUT2D eigenvalue weighted by Crippen LogP contribution is 2.12. The smallest absolute Gasteiger partial charge is 0.343 e. The predicted molar refractivity (Wildman–Crippen MR) is 58.0 cm³/mol. The number of carbonyl (C=O) groups excluding carboxylic acids is 2. The normalized spacial score (nSPS) is 10.4. The maximum atomic E-state index is 11.4. The molecule has 1 amide bonds. The molecule has 0 saturated carbocycles. The largest absolute Gasteiger partial charge is 0.462 e. The number of aromatic amines is 1. The summed E-state index contributed by atoms with van der Waals surface area (Å²) in [5.74, 6) is -0.620. The SMILES string of the molecule is C/C=C/C(=O)Nc1[nH]ncc1C(=O)OCC. The molecule has 0 aromatic carbocycles. The van der Waals surface area contributed by atoms with Crippen molar-refractivity contribution in [3.8, 4) is 0 Å². The molecule has 86 valence electrons. The highest BCUT2D eigenvalue weighted by Gasteiger charge is 2.15. The maximum Gasteiger partial charge on any atom is 0.343 e. The zero-order chi connectivity index (χ0) is 12.0. The zero-order valence-corrected chi connectivity index (χ0v) is 9.11. The van der Waals surface area contributed by atoms with Crippen molar-refractivity contribution in [2.75, 3.05) is 11.9 Å². The van der Waals surface area contributed by atoms with Gasteiger partial charge in [-0.25, -0.2) is 4.79 Å². The highest BCUT2D eigenvalue weighted by molar-refractivity contribution is 6.03. The summed E-state index contributed by atoms with van der Waals surface area (Å²) < 4.78 is 4.80. The Morgan fingerprint density at radius 2 is 2.38 bits per heavy atom. The number of hydrogen-bond acceptors (Lipinski definition) is 4. The van der Waals surface area contributed by atoms with E-state index in [9.17, 15) is 9.59 Å². The number of hydrogen-bond donors (Lipinski definition) is 2. The minimum atomic E-state index is -0.521. The Morgan fingerprint density at radius 1 is 1.62 bits per heavy atom. The topological polar surface area (TPSA) is 84.1 Å². The van der Waals surface area contributed by atoms with Crippen LogP contribution in [0.3, 0.4) is 0 Å². The van der Waals surface area contributed by atoms with Gasteiger partial charge in [0.15, 0.2) is 0 Å². The molecule has 0 aliphatic carbocycles. The number of nitrogens with one attached hydrogen (secondary N) is 2. The third kappa shape index (κ3) is 2.94. The highest BCUT2D eigenvalue weighted by atomic mass is 16.5. The van der Waals surface area contributed by atoms with Gasteiger partial charge in [-0.3, -0.25) is 9.89 Å². The van der Waals surface area contributed by atoms with Gasteiger partial charge in [0.25, 0.3) is 0 Å². The van der Waals surface area contributed by atoms with Gasteiger partial charge in [0, 0.05) is 0 Å². The Balaban J connectivity index is 2.78. The Bertz CT molecular complexity index is 409. The summed E-state index contributed by atoms with van der Waals surface area (Å²) >= 11 is 0. The average Bonchev–Trinajstić information content (AvgIpc) is 2.66. The van der Waals surface area contributed by atoms with Gasteiger partial charge in [0.1, 0.15) is 11.4 Å². The van der Waals surface area contributed by atoms with Crippen molar-refractivity contribution in [3.05, 3.63) is 23.9 Å². The van der Waals surface area contributed by atoms with Gasteiger partial charge < -0.3 is 10.1 Å². The monoisotopic (exact) mass is 223 g/mol. The zero-order valence-electron chi connectivity index (χ0n) is 9.11. The Morgan fingerprint density at radius 3 is 3.00 bits per heavy atom. The van der Waals surface area contributed by atoms with Gasteiger partial charge in [-0.15, -0.1) is 0 Å². The van der Waals surface area contributed by atoms with Crippen LogP contribution in [0.1, 0.15) is 24.2 Å². The molecule has 1 heterocycles. The van der Waals surface area contributed by atoms with Crippen LogP contribution < -0.4 is 5.32 Å². The van der Waals surface area contributed by atoms with Gasteiger partial charge in [0.2, 0.25) is 5.91 Å². The first kappa shape index (κ1) is 12.0. The van der Waals surface area contributed by atoms with Crippen LogP contribution >= 0.6 is 0 Å². The van der Waals surface area contributed by atoms with Crippen LogP contribution in [0.15, 0.2) is 18.3 Å². The number of carbonyl (C=O) groups is 2. The van der Waals surface area contributed by atoms with Gasteiger partial charge in [-0.2, -0.15) is 5.10 Å². The number of esters is 1. The summed E-state index contributed by atoms with van der Waals surface area (Å²) in [5, 5.41) is 8.68. The number of anilines is 1. The number of H-pyrrole nitrogens is 1. The van der Waals surface area contributed by atoms with Gasteiger partial charge in [-0.05, 0) is 19.9 Å². The second kappa shape index (κ2) is 5.69. The van der Waals surface area contributed by atoms with Crippen LogP contribution in [0, 0.1) is 0 Å². The number of aromatic nitrogens is 2. The summed E-state index contributed by atoms with van der Waals surface area (Å²) in [7, 11) is 0. The summed E-state index contributed by atoms with van der Waals surface area (Å²) in [6.07, 6.45) is 4.24. The van der Waals surface area contributed by atoms with Crippen molar-refractivity contribution in [1.82, 2.24) is 10.2 Å². The van der Waals surface area contributed by atoms with E-state index in [1.165, 1.54) is 12.3 Å². The molecule has 6 heteroatoms. The Hall–Kier alpha value is -2.11. The lowest BCUT2D eigenvalue weighted by atomic mass is 10.3. The molecule has 1 rings (SSSR count). The molecular formula is C10H13N3O3. The quantitative estimate of drug-likeness (QED) is 0.591. The Kier molecular flexibility index (Phi) is 4.26. The molecule has 0 unspecified atom stereocenters. The number of allylic oxidation sites excluding steroid dienone is 1. The van der Waals surface area contributed by atoms with Gasteiger partial charge in [0.05, 0.1) is 12.8 Å². The molecule has 2 N–H and O–H groups in total. The molecule has 1 aromatic heterocycles. The molecule has 0 spiro atoms. The van der Waals surface area contributed by atoms with Gasteiger partial charge in [-0.1, -0.05) is 6.08 Å². The molecule has 0 atom stereocenters. The van der Waals surface area contributed by atoms with E-state index in [0.29, 0.717) is 0 Å². The minimum absolute atomic E-state index is 0.208. The number of amides is 1. The van der Waals surface area contributed by atoms with Crippen LogP contribution in [0.2, 0.25) is 0 Å². The van der Waals surface area contributed by atoms with Crippen molar-refractivity contribution in [1.29, 1.82) is 0 Å². The van der Waals surface area contributed by atoms with Crippen molar-refractivity contribution >= 4 is 17.7 Å². The molecular weight excluding hydrogens is 210 g/mol. The lowest BCUT2D eigenvalue weighted by Crippen LogP contribution is -2.13. The van der Waals surface area contributed by atoms with E-state index in [1.807, 2.05) is 0 Å². The third-order valence-corrected chi connectivity index (χ3v) is 1.70. The fourth-order valence-electron chi connectivity index (χ4n) is 1.06. The summed E-state index contributed by atoms with van der Waals surface area (Å²) in [6.45, 7) is 3.70. The third-order valence-electron chi connectivity index (χ3n) is 1.70. The van der Waals surface area contributed by atoms with Crippen LogP contribution in [-0.2, 0) is 9.53 Å². The first-order valence-corrected chi connectivity index (χ1v) is 4.83. The summed E-state index contributed by atoms with van der Waals surface area (Å²) in [6, 6.07) is 0. The van der Waals surface area contributed by atoms with Crippen LogP contribution in [0.25, 0.3) is 0 Å². The van der Waals surface area contributed by atoms with Crippen molar-refractivity contribution in [3.63, 3.8) is 0 Å². The fourth-order valence-corrected chi connectivity index (χ4v) is 1.06. The number of rotatable bonds is 4. The molecule has 16 heavy (non-hydrogen) atoms. The molecule has 0 radical (unpaired) electrons. The predicted octanol–water partition coefficient (Wildman–Crippen LogP) is 1.10. The van der Waals surface area contributed by atoms with E-state index in [-0.39, 0.29) is 23.9 Å². The van der Waals surface area contributed by atoms with E-state index < -0.39 is 5.97 Å². The summed E-state index contributed by atoms with van der Waals surface area (Å²) in [4.78, 5) is 22.7. The molecule has 0 fully saturated rings. The molecule has 0 bridgehead atoms. The van der Waals surface area contributed by atoms with Crippen molar-refractivity contribution < 1.29 is 14.3 Å². The first-order valence-electron chi connectivity index (χ1n) is 4.83. The number of nitrogens with zero attached hydrogens (tertiary/aromatic N) is 1. The van der Waals surface area contributed by atoms with Crippen LogP contribution in [0.5, 0.6) is 0 Å². The fraction of sp³-hybridized carbons (Fsp3) is 0.300. The van der Waals surface area contributed by atoms with E-state index >= 15 is 0 Å². The van der Waals surface area contributed by atoms with Gasteiger partial charge >= 0.3 is 5.97 Å². The van der Waals surface area contributed by atoms with E-state index in [4.69, 9.17) is 4.74 Å². The second-order valence-electron chi connectivity index (χ2n) is 2.87. The second-order valence-corrected chi connectivity index (χ2v) is 2.87. The molecule has 6 nitrogen and oxygen atoms in total. The van der Waals surface area contributed by atoms with E-state index in [1.54, 1.807) is 19.9 Å². The molecule has 1 aromatic rings. The van der Waals surface area contributed by atoms with Crippen molar-refractivity contribution in [2.45, 2.75) is 13.8 Å². The Labute approximate surface area is 92.7 Å².